The second kappa shape index (κ2) is 7.32. The molecule has 0 saturated carbocycles. The van der Waals surface area contributed by atoms with Gasteiger partial charge < -0.3 is 4.74 Å². The number of benzene rings is 2. The summed E-state index contributed by atoms with van der Waals surface area (Å²) >= 11 is 1.55. The molecule has 0 fully saturated rings. The topological polar surface area (TPSA) is 26.3 Å². The van der Waals surface area contributed by atoms with E-state index >= 15 is 0 Å². The molecule has 0 aliphatic heterocycles. The maximum Gasteiger partial charge on any atom is 0.176 e. The van der Waals surface area contributed by atoms with E-state index in [1.807, 2.05) is 50.2 Å². The molecule has 0 aliphatic carbocycles. The van der Waals surface area contributed by atoms with Gasteiger partial charge in [0.2, 0.25) is 0 Å². The fourth-order valence-electron chi connectivity index (χ4n) is 1.91. The molecule has 0 atom stereocenters. The van der Waals surface area contributed by atoms with Gasteiger partial charge in [0.15, 0.2) is 5.78 Å². The maximum absolute atomic E-state index is 12.4. The van der Waals surface area contributed by atoms with Gasteiger partial charge in [0, 0.05) is 4.90 Å². The lowest BCUT2D eigenvalue weighted by Crippen LogP contribution is -2.11. The number of hydrogen-bond acceptors (Lipinski definition) is 3. The molecule has 0 bridgehead atoms. The summed E-state index contributed by atoms with van der Waals surface area (Å²) in [7, 11) is 0. The van der Waals surface area contributed by atoms with Crippen molar-refractivity contribution in [3.63, 3.8) is 0 Å². The molecule has 0 saturated heterocycles. The van der Waals surface area contributed by atoms with E-state index in [4.69, 9.17) is 4.74 Å². The zero-order valence-corrected chi connectivity index (χ0v) is 13.4. The SMILES string of the molecule is Cc1ccc(SCC(=O)c2ccccc2OC(C)C)cc1. The highest BCUT2D eigenvalue weighted by atomic mass is 32.2. The van der Waals surface area contributed by atoms with E-state index < -0.39 is 0 Å². The average molecular weight is 300 g/mol. The molecular weight excluding hydrogens is 280 g/mol. The Morgan fingerprint density at radius 3 is 2.43 bits per heavy atom. The van der Waals surface area contributed by atoms with Crippen LogP contribution in [0.4, 0.5) is 0 Å². The summed E-state index contributed by atoms with van der Waals surface area (Å²) in [6, 6.07) is 15.6. The molecule has 0 spiro atoms. The van der Waals surface area contributed by atoms with Crippen LogP contribution < -0.4 is 4.74 Å². The minimum atomic E-state index is 0.0590. The van der Waals surface area contributed by atoms with E-state index in [1.165, 1.54) is 5.56 Å². The van der Waals surface area contributed by atoms with Gasteiger partial charge >= 0.3 is 0 Å². The molecule has 0 heterocycles. The number of rotatable bonds is 6. The summed E-state index contributed by atoms with van der Waals surface area (Å²) in [4.78, 5) is 13.5. The first-order valence-electron chi connectivity index (χ1n) is 7.04. The number of ether oxygens (including phenoxy) is 1. The van der Waals surface area contributed by atoms with Crippen molar-refractivity contribution in [2.24, 2.45) is 0 Å². The Morgan fingerprint density at radius 2 is 1.76 bits per heavy atom. The van der Waals surface area contributed by atoms with Crippen LogP contribution in [0.2, 0.25) is 0 Å². The molecule has 0 aromatic heterocycles. The summed E-state index contributed by atoms with van der Waals surface area (Å²) in [5.41, 5.74) is 1.88. The van der Waals surface area contributed by atoms with E-state index in [1.54, 1.807) is 11.8 Å². The molecule has 0 N–H and O–H groups in total. The molecule has 0 unspecified atom stereocenters. The van der Waals surface area contributed by atoms with Crippen molar-refractivity contribution < 1.29 is 9.53 Å². The molecule has 0 radical (unpaired) electrons. The number of aryl methyl sites for hydroxylation is 1. The maximum atomic E-state index is 12.4. The van der Waals surface area contributed by atoms with E-state index in [2.05, 4.69) is 19.1 Å². The van der Waals surface area contributed by atoms with Gasteiger partial charge in [-0.15, -0.1) is 11.8 Å². The van der Waals surface area contributed by atoms with Crippen LogP contribution in [-0.4, -0.2) is 17.6 Å². The van der Waals surface area contributed by atoms with Gasteiger partial charge in [-0.1, -0.05) is 29.8 Å². The number of Topliss-reactive ketones (excluding diaryl/α,β-unsaturated/α-hetero) is 1. The lowest BCUT2D eigenvalue weighted by molar-refractivity contribution is 0.101. The Bertz CT molecular complexity index is 603. The van der Waals surface area contributed by atoms with Crippen LogP contribution in [0.3, 0.4) is 0 Å². The lowest BCUT2D eigenvalue weighted by atomic mass is 10.1. The largest absolute Gasteiger partial charge is 0.490 e. The third-order valence-corrected chi connectivity index (χ3v) is 3.95. The van der Waals surface area contributed by atoms with Crippen molar-refractivity contribution in [2.45, 2.75) is 31.8 Å². The van der Waals surface area contributed by atoms with E-state index in [0.717, 1.165) is 4.90 Å². The van der Waals surface area contributed by atoms with Gasteiger partial charge in [-0.2, -0.15) is 0 Å². The smallest absolute Gasteiger partial charge is 0.176 e. The summed E-state index contributed by atoms with van der Waals surface area (Å²) < 4.78 is 5.70. The van der Waals surface area contributed by atoms with E-state index in [9.17, 15) is 4.79 Å². The van der Waals surface area contributed by atoms with E-state index in [-0.39, 0.29) is 11.9 Å². The third kappa shape index (κ3) is 4.64. The molecule has 0 amide bonds. The van der Waals surface area contributed by atoms with Crippen molar-refractivity contribution in [3.05, 3.63) is 59.7 Å². The van der Waals surface area contributed by atoms with Gasteiger partial charge in [-0.05, 0) is 45.0 Å². The summed E-state index contributed by atoms with van der Waals surface area (Å²) in [5.74, 6) is 1.18. The highest BCUT2D eigenvalue weighted by Crippen LogP contribution is 2.24. The Hall–Kier alpha value is -1.74. The molecular formula is C18H20O2S. The normalized spacial score (nSPS) is 10.7. The van der Waals surface area contributed by atoms with E-state index in [0.29, 0.717) is 17.1 Å². The number of carbonyl (C=O) groups excluding carboxylic acids is 1. The number of ketones is 1. The molecule has 2 aromatic rings. The Kier molecular flexibility index (Phi) is 5.45. The molecule has 21 heavy (non-hydrogen) atoms. The van der Waals surface area contributed by atoms with Gasteiger partial charge in [0.1, 0.15) is 5.75 Å². The first-order chi connectivity index (χ1) is 10.1. The number of para-hydroxylation sites is 1. The predicted octanol–water partition coefficient (Wildman–Crippen LogP) is 4.76. The van der Waals surface area contributed by atoms with Crippen LogP contribution >= 0.6 is 11.8 Å². The fraction of sp³-hybridized carbons (Fsp3) is 0.278. The van der Waals surface area contributed by atoms with Crippen molar-refractivity contribution in [1.82, 2.24) is 0 Å². The predicted molar refractivity (Wildman–Crippen MR) is 88.4 cm³/mol. The molecule has 0 aliphatic rings. The second-order valence-electron chi connectivity index (χ2n) is 5.19. The zero-order chi connectivity index (χ0) is 15.2. The van der Waals surface area contributed by atoms with Crippen LogP contribution in [0.25, 0.3) is 0 Å². The van der Waals surface area contributed by atoms with Crippen LogP contribution in [0.1, 0.15) is 29.8 Å². The third-order valence-electron chi connectivity index (χ3n) is 2.94. The molecule has 2 rings (SSSR count). The fourth-order valence-corrected chi connectivity index (χ4v) is 2.70. The molecule has 110 valence electrons. The van der Waals surface area contributed by atoms with Crippen LogP contribution in [0.15, 0.2) is 53.4 Å². The quantitative estimate of drug-likeness (QED) is 0.568. The minimum absolute atomic E-state index is 0.0590. The first-order valence-corrected chi connectivity index (χ1v) is 8.03. The van der Waals surface area contributed by atoms with Crippen LogP contribution in [0.5, 0.6) is 5.75 Å². The van der Waals surface area contributed by atoms with Crippen molar-refractivity contribution in [3.8, 4) is 5.75 Å². The Balaban J connectivity index is 2.05. The Labute approximate surface area is 130 Å². The molecule has 2 aromatic carbocycles. The molecule has 3 heteroatoms. The zero-order valence-electron chi connectivity index (χ0n) is 12.6. The lowest BCUT2D eigenvalue weighted by Gasteiger charge is -2.13. The second-order valence-corrected chi connectivity index (χ2v) is 6.24. The van der Waals surface area contributed by atoms with Gasteiger partial charge in [0.05, 0.1) is 17.4 Å². The monoisotopic (exact) mass is 300 g/mol. The van der Waals surface area contributed by atoms with Crippen LogP contribution in [-0.2, 0) is 0 Å². The van der Waals surface area contributed by atoms with Crippen LogP contribution in [0, 0.1) is 6.92 Å². The first kappa shape index (κ1) is 15.6. The summed E-state index contributed by atoms with van der Waals surface area (Å²) in [6.07, 6.45) is 0.0590. The number of thioether (sulfide) groups is 1. The number of hydrogen-bond donors (Lipinski definition) is 0. The van der Waals surface area contributed by atoms with Crippen molar-refractivity contribution >= 4 is 17.5 Å². The van der Waals surface area contributed by atoms with Crippen molar-refractivity contribution in [1.29, 1.82) is 0 Å². The van der Waals surface area contributed by atoms with Gasteiger partial charge in [-0.3, -0.25) is 4.79 Å². The summed E-state index contributed by atoms with van der Waals surface area (Å²) in [5, 5.41) is 0. The van der Waals surface area contributed by atoms with Gasteiger partial charge in [-0.25, -0.2) is 0 Å². The standard InChI is InChI=1S/C18H20O2S/c1-13(2)20-18-7-5-4-6-16(18)17(19)12-21-15-10-8-14(3)9-11-15/h4-11,13H,12H2,1-3H3. The average Bonchev–Trinajstić information content (AvgIpc) is 2.46. The van der Waals surface area contributed by atoms with Gasteiger partial charge in [0.25, 0.3) is 0 Å². The van der Waals surface area contributed by atoms with Crippen molar-refractivity contribution in [2.75, 3.05) is 5.75 Å². The highest BCUT2D eigenvalue weighted by Gasteiger charge is 2.13. The summed E-state index contributed by atoms with van der Waals surface area (Å²) in [6.45, 7) is 5.98. The molecule has 2 nitrogen and oxygen atoms in total. The number of carbonyl (C=O) groups is 1. The Morgan fingerprint density at radius 1 is 1.10 bits per heavy atom. The minimum Gasteiger partial charge on any atom is -0.490 e. The highest BCUT2D eigenvalue weighted by molar-refractivity contribution is 8.00.